The van der Waals surface area contributed by atoms with Crippen LogP contribution < -0.4 is 4.74 Å². The average molecular weight is 214 g/mol. The Morgan fingerprint density at radius 1 is 1.46 bits per heavy atom. The van der Waals surface area contributed by atoms with Crippen molar-refractivity contribution in [2.75, 3.05) is 7.11 Å². The molecule has 0 aliphatic carbocycles. The number of aromatic nitrogens is 1. The van der Waals surface area contributed by atoms with E-state index in [1.165, 1.54) is 0 Å². The Hall–Kier alpha value is -0.800. The number of aryl methyl sites for hydroxylation is 1. The second-order valence-corrected chi connectivity index (χ2v) is 4.33. The summed E-state index contributed by atoms with van der Waals surface area (Å²) in [6, 6.07) is 3.75. The quantitative estimate of drug-likeness (QED) is 0.726. The zero-order valence-corrected chi connectivity index (χ0v) is 8.87. The highest BCUT2D eigenvalue weighted by Crippen LogP contribution is 2.32. The predicted octanol–water partition coefficient (Wildman–Crippen LogP) is 3.27. The Kier molecular flexibility index (Phi) is 2.14. The normalized spacial score (nSPS) is 10.7. The van der Waals surface area contributed by atoms with E-state index in [4.69, 9.17) is 16.3 Å². The van der Waals surface area contributed by atoms with Gasteiger partial charge in [-0.1, -0.05) is 11.6 Å². The van der Waals surface area contributed by atoms with Gasteiger partial charge in [0.2, 0.25) is 0 Å². The van der Waals surface area contributed by atoms with E-state index >= 15 is 0 Å². The molecule has 0 saturated heterocycles. The summed E-state index contributed by atoms with van der Waals surface area (Å²) in [7, 11) is 1.61. The summed E-state index contributed by atoms with van der Waals surface area (Å²) in [5.74, 6) is 0.706. The van der Waals surface area contributed by atoms with Gasteiger partial charge in [0.05, 0.1) is 27.4 Å². The third kappa shape index (κ3) is 1.49. The van der Waals surface area contributed by atoms with E-state index in [2.05, 4.69) is 4.98 Å². The third-order valence-electron chi connectivity index (χ3n) is 1.77. The Bertz CT molecular complexity index is 452. The SMILES string of the molecule is COc1cc2sc(C)nc2cc1Cl. The number of ether oxygens (including phenoxy) is 1. The van der Waals surface area contributed by atoms with Gasteiger partial charge < -0.3 is 4.74 Å². The molecule has 1 aromatic carbocycles. The van der Waals surface area contributed by atoms with Crippen LogP contribution in [0.1, 0.15) is 5.01 Å². The van der Waals surface area contributed by atoms with Crippen LogP contribution in [0.15, 0.2) is 12.1 Å². The van der Waals surface area contributed by atoms with Gasteiger partial charge in [0.1, 0.15) is 5.75 Å². The molecule has 0 radical (unpaired) electrons. The molecule has 0 amide bonds. The number of halogens is 1. The lowest BCUT2D eigenvalue weighted by molar-refractivity contribution is 0.415. The first-order valence-electron chi connectivity index (χ1n) is 3.81. The van der Waals surface area contributed by atoms with Gasteiger partial charge >= 0.3 is 0 Å². The second-order valence-electron chi connectivity index (χ2n) is 2.69. The summed E-state index contributed by atoms with van der Waals surface area (Å²) >= 11 is 7.59. The lowest BCUT2D eigenvalue weighted by atomic mass is 10.3. The minimum atomic E-state index is 0.611. The monoisotopic (exact) mass is 213 g/mol. The van der Waals surface area contributed by atoms with Crippen molar-refractivity contribution in [3.05, 3.63) is 22.2 Å². The van der Waals surface area contributed by atoms with Crippen molar-refractivity contribution in [2.24, 2.45) is 0 Å². The third-order valence-corrected chi connectivity index (χ3v) is 3.00. The van der Waals surface area contributed by atoms with Crippen LogP contribution in [0.2, 0.25) is 5.02 Å². The molecule has 0 aliphatic heterocycles. The Morgan fingerprint density at radius 3 is 2.92 bits per heavy atom. The van der Waals surface area contributed by atoms with Gasteiger partial charge in [-0.2, -0.15) is 0 Å². The molecular formula is C9H8ClNOS. The van der Waals surface area contributed by atoms with Crippen LogP contribution in [0.4, 0.5) is 0 Å². The van der Waals surface area contributed by atoms with Crippen LogP contribution in [0.3, 0.4) is 0 Å². The number of benzene rings is 1. The largest absolute Gasteiger partial charge is 0.495 e. The van der Waals surface area contributed by atoms with Crippen LogP contribution in [0, 0.1) is 6.92 Å². The van der Waals surface area contributed by atoms with Crippen LogP contribution in [-0.4, -0.2) is 12.1 Å². The van der Waals surface area contributed by atoms with Crippen molar-refractivity contribution < 1.29 is 4.74 Å². The standard InChI is InChI=1S/C9H8ClNOS/c1-5-11-7-3-6(10)8(12-2)4-9(7)13-5/h3-4H,1-2H3. The molecule has 4 heteroatoms. The first-order chi connectivity index (χ1) is 6.20. The fourth-order valence-corrected chi connectivity index (χ4v) is 2.27. The van der Waals surface area contributed by atoms with E-state index in [0.717, 1.165) is 15.2 Å². The molecule has 13 heavy (non-hydrogen) atoms. The summed E-state index contributed by atoms with van der Waals surface area (Å²) in [5, 5.41) is 1.65. The van der Waals surface area contributed by atoms with Gasteiger partial charge in [0.15, 0.2) is 0 Å². The fraction of sp³-hybridized carbons (Fsp3) is 0.222. The van der Waals surface area contributed by atoms with Gasteiger partial charge in [0, 0.05) is 6.07 Å². The lowest BCUT2D eigenvalue weighted by Crippen LogP contribution is -1.82. The first kappa shape index (κ1) is 8.78. The van der Waals surface area contributed by atoms with E-state index in [-0.39, 0.29) is 0 Å². The minimum absolute atomic E-state index is 0.611. The maximum absolute atomic E-state index is 5.95. The topological polar surface area (TPSA) is 22.1 Å². The molecule has 0 unspecified atom stereocenters. The van der Waals surface area contributed by atoms with E-state index in [1.54, 1.807) is 18.4 Å². The molecule has 0 aliphatic rings. The molecule has 0 saturated carbocycles. The average Bonchev–Trinajstić information content (AvgIpc) is 2.42. The molecule has 0 bridgehead atoms. The second kappa shape index (κ2) is 3.16. The number of rotatable bonds is 1. The van der Waals surface area contributed by atoms with Crippen molar-refractivity contribution in [1.82, 2.24) is 4.98 Å². The first-order valence-corrected chi connectivity index (χ1v) is 5.01. The molecule has 1 heterocycles. The minimum Gasteiger partial charge on any atom is -0.495 e. The van der Waals surface area contributed by atoms with Gasteiger partial charge in [0.25, 0.3) is 0 Å². The molecule has 0 fully saturated rings. The highest BCUT2D eigenvalue weighted by Gasteiger charge is 2.06. The zero-order valence-electron chi connectivity index (χ0n) is 7.30. The number of methoxy groups -OCH3 is 1. The smallest absolute Gasteiger partial charge is 0.139 e. The molecule has 0 atom stereocenters. The van der Waals surface area contributed by atoms with E-state index in [9.17, 15) is 0 Å². The van der Waals surface area contributed by atoms with Crippen LogP contribution in [0.5, 0.6) is 5.75 Å². The Morgan fingerprint density at radius 2 is 2.23 bits per heavy atom. The van der Waals surface area contributed by atoms with Crippen molar-refractivity contribution in [1.29, 1.82) is 0 Å². The van der Waals surface area contributed by atoms with Gasteiger partial charge in [-0.15, -0.1) is 11.3 Å². The maximum Gasteiger partial charge on any atom is 0.139 e. The molecule has 2 nitrogen and oxygen atoms in total. The van der Waals surface area contributed by atoms with Crippen molar-refractivity contribution in [3.8, 4) is 5.75 Å². The highest BCUT2D eigenvalue weighted by atomic mass is 35.5. The van der Waals surface area contributed by atoms with Crippen LogP contribution >= 0.6 is 22.9 Å². The van der Waals surface area contributed by atoms with Crippen LogP contribution in [-0.2, 0) is 0 Å². The summed E-state index contributed by atoms with van der Waals surface area (Å²) in [6.45, 7) is 1.98. The van der Waals surface area contributed by atoms with E-state index < -0.39 is 0 Å². The molecule has 2 rings (SSSR count). The number of hydrogen-bond acceptors (Lipinski definition) is 3. The predicted molar refractivity (Wildman–Crippen MR) is 55.9 cm³/mol. The van der Waals surface area contributed by atoms with Gasteiger partial charge in [-0.25, -0.2) is 4.98 Å². The zero-order chi connectivity index (χ0) is 9.42. The molecule has 68 valence electrons. The molecule has 0 spiro atoms. The van der Waals surface area contributed by atoms with Gasteiger partial charge in [-0.05, 0) is 13.0 Å². The summed E-state index contributed by atoms with van der Waals surface area (Å²) in [6.07, 6.45) is 0. The summed E-state index contributed by atoms with van der Waals surface area (Å²) in [4.78, 5) is 4.33. The van der Waals surface area contributed by atoms with Crippen LogP contribution in [0.25, 0.3) is 10.2 Å². The van der Waals surface area contributed by atoms with Crippen molar-refractivity contribution >= 4 is 33.2 Å². The summed E-state index contributed by atoms with van der Waals surface area (Å²) < 4.78 is 6.22. The Labute approximate surface area is 85.1 Å². The molecule has 2 aromatic rings. The summed E-state index contributed by atoms with van der Waals surface area (Å²) in [5.41, 5.74) is 0.938. The number of nitrogens with zero attached hydrogens (tertiary/aromatic N) is 1. The number of fused-ring (bicyclic) bond motifs is 1. The maximum atomic E-state index is 5.95. The lowest BCUT2D eigenvalue weighted by Gasteiger charge is -2.00. The number of thiazole rings is 1. The van der Waals surface area contributed by atoms with Crippen molar-refractivity contribution in [2.45, 2.75) is 6.92 Å². The Balaban J connectivity index is 2.72. The van der Waals surface area contributed by atoms with Gasteiger partial charge in [-0.3, -0.25) is 0 Å². The van der Waals surface area contributed by atoms with E-state index in [0.29, 0.717) is 10.8 Å². The molecular weight excluding hydrogens is 206 g/mol. The van der Waals surface area contributed by atoms with Crippen molar-refractivity contribution in [3.63, 3.8) is 0 Å². The number of hydrogen-bond donors (Lipinski definition) is 0. The molecule has 0 N–H and O–H groups in total. The van der Waals surface area contributed by atoms with E-state index in [1.807, 2.05) is 19.1 Å². The fourth-order valence-electron chi connectivity index (χ4n) is 1.20. The molecule has 1 aromatic heterocycles. The highest BCUT2D eigenvalue weighted by molar-refractivity contribution is 7.18.